The van der Waals surface area contributed by atoms with E-state index in [1.54, 1.807) is 0 Å². The smallest absolute Gasteiger partial charge is 0.326 e. The first-order valence-electron chi connectivity index (χ1n) is 5.95. The Balaban J connectivity index is 4.35. The highest BCUT2D eigenvalue weighted by Gasteiger charge is 2.33. The number of carbonyl (C=O) groups excluding carboxylic acids is 1. The number of hydrogen-bond acceptors (Lipinski definition) is 4. The lowest BCUT2D eigenvalue weighted by Gasteiger charge is -2.28. The second-order valence-corrected chi connectivity index (χ2v) is 5.71. The van der Waals surface area contributed by atoms with Crippen LogP contribution < -0.4 is 5.32 Å². The van der Waals surface area contributed by atoms with Crippen molar-refractivity contribution in [2.45, 2.75) is 51.3 Å². The van der Waals surface area contributed by atoms with Crippen LogP contribution in [0.4, 0.5) is 0 Å². The van der Waals surface area contributed by atoms with Crippen molar-refractivity contribution in [3.05, 3.63) is 0 Å². The topological polar surface area (TPSA) is 38.3 Å². The zero-order chi connectivity index (χ0) is 12.6. The molecule has 4 heteroatoms. The number of ether oxygens (including phenoxy) is 1. The molecule has 0 saturated heterocycles. The molecule has 2 atom stereocenters. The predicted molar refractivity (Wildman–Crippen MR) is 70.9 cm³/mol. The highest BCUT2D eigenvalue weighted by molar-refractivity contribution is 7.99. The average molecular weight is 247 g/mol. The van der Waals surface area contributed by atoms with Crippen LogP contribution in [0.5, 0.6) is 0 Å². The van der Waals surface area contributed by atoms with E-state index in [-0.39, 0.29) is 5.97 Å². The number of hydrogen-bond donors (Lipinski definition) is 1. The third-order valence-corrected chi connectivity index (χ3v) is 4.28. The number of rotatable bonds is 8. The monoisotopic (exact) mass is 247 g/mol. The molecule has 0 aliphatic heterocycles. The molecule has 96 valence electrons. The van der Waals surface area contributed by atoms with Gasteiger partial charge in [0, 0.05) is 11.0 Å². The van der Waals surface area contributed by atoms with Crippen molar-refractivity contribution >= 4 is 17.7 Å². The Kier molecular flexibility index (Phi) is 7.85. The second kappa shape index (κ2) is 7.96. The Bertz CT molecular complexity index is 211. The molecular weight excluding hydrogens is 222 g/mol. The minimum Gasteiger partial charge on any atom is -0.468 e. The van der Waals surface area contributed by atoms with Crippen molar-refractivity contribution in [1.29, 1.82) is 0 Å². The molecule has 0 spiro atoms. The van der Waals surface area contributed by atoms with Crippen molar-refractivity contribution in [2.75, 3.05) is 19.4 Å². The maximum absolute atomic E-state index is 11.7. The van der Waals surface area contributed by atoms with Crippen LogP contribution in [0.15, 0.2) is 0 Å². The van der Waals surface area contributed by atoms with Crippen LogP contribution in [0.2, 0.25) is 0 Å². The van der Waals surface area contributed by atoms with Gasteiger partial charge in [-0.1, -0.05) is 20.8 Å². The van der Waals surface area contributed by atoms with Crippen LogP contribution in [0.25, 0.3) is 0 Å². The fraction of sp³-hybridized carbons (Fsp3) is 0.917. The summed E-state index contributed by atoms with van der Waals surface area (Å²) in [4.78, 5) is 11.7. The minimum atomic E-state index is -0.557. The maximum Gasteiger partial charge on any atom is 0.326 e. The van der Waals surface area contributed by atoms with Gasteiger partial charge in [-0.15, -0.1) is 0 Å². The first kappa shape index (κ1) is 15.8. The number of thioether (sulfide) groups is 1. The first-order valence-corrected chi connectivity index (χ1v) is 7.00. The van der Waals surface area contributed by atoms with Crippen LogP contribution in [0.3, 0.4) is 0 Å². The van der Waals surface area contributed by atoms with E-state index in [0.29, 0.717) is 5.25 Å². The van der Waals surface area contributed by atoms with Gasteiger partial charge in [-0.05, 0) is 26.3 Å². The van der Waals surface area contributed by atoms with E-state index < -0.39 is 5.54 Å². The maximum atomic E-state index is 11.7. The minimum absolute atomic E-state index is 0.170. The Morgan fingerprint density at radius 3 is 2.56 bits per heavy atom. The molecule has 16 heavy (non-hydrogen) atoms. The molecule has 0 saturated carbocycles. The molecule has 0 aromatic rings. The van der Waals surface area contributed by atoms with Crippen LogP contribution in [-0.4, -0.2) is 36.2 Å². The normalized spacial score (nSPS) is 16.6. The molecule has 2 unspecified atom stereocenters. The molecule has 1 N–H and O–H groups in total. The van der Waals surface area contributed by atoms with Gasteiger partial charge in [0.15, 0.2) is 0 Å². The summed E-state index contributed by atoms with van der Waals surface area (Å²) in [5.41, 5.74) is -0.557. The lowest BCUT2D eigenvalue weighted by Crippen LogP contribution is -2.52. The van der Waals surface area contributed by atoms with Gasteiger partial charge in [0.25, 0.3) is 0 Å². The molecule has 0 fully saturated rings. The first-order chi connectivity index (χ1) is 7.50. The quantitative estimate of drug-likeness (QED) is 0.669. The summed E-state index contributed by atoms with van der Waals surface area (Å²) in [7, 11) is 1.45. The average Bonchev–Trinajstić information content (AvgIpc) is 2.32. The summed E-state index contributed by atoms with van der Waals surface area (Å²) in [5, 5.41) is 3.86. The number of nitrogens with one attached hydrogen (secondary N) is 1. The summed E-state index contributed by atoms with van der Waals surface area (Å²) in [5.74, 6) is 0.589. The van der Waals surface area contributed by atoms with Crippen molar-refractivity contribution in [1.82, 2.24) is 5.32 Å². The van der Waals surface area contributed by atoms with Crippen molar-refractivity contribution in [3.8, 4) is 0 Å². The Labute approximate surface area is 104 Å². The second-order valence-electron chi connectivity index (χ2n) is 4.28. The lowest BCUT2D eigenvalue weighted by atomic mass is 10.1. The van der Waals surface area contributed by atoms with E-state index in [0.717, 1.165) is 25.1 Å². The van der Waals surface area contributed by atoms with Gasteiger partial charge in [-0.2, -0.15) is 11.8 Å². The molecule has 0 aromatic carbocycles. The van der Waals surface area contributed by atoms with Crippen LogP contribution in [0, 0.1) is 0 Å². The van der Waals surface area contributed by atoms with E-state index in [4.69, 9.17) is 4.74 Å². The molecule has 0 rings (SSSR count). The summed E-state index contributed by atoms with van der Waals surface area (Å²) < 4.78 is 4.86. The van der Waals surface area contributed by atoms with Gasteiger partial charge < -0.3 is 10.1 Å². The zero-order valence-electron chi connectivity index (χ0n) is 11.1. The molecule has 3 nitrogen and oxygen atoms in total. The molecule has 0 heterocycles. The lowest BCUT2D eigenvalue weighted by molar-refractivity contribution is -0.146. The van der Waals surface area contributed by atoms with Gasteiger partial charge in [0.2, 0.25) is 0 Å². The third-order valence-electron chi connectivity index (χ3n) is 2.63. The van der Waals surface area contributed by atoms with Crippen LogP contribution in [-0.2, 0) is 9.53 Å². The van der Waals surface area contributed by atoms with E-state index in [9.17, 15) is 4.79 Å². The van der Waals surface area contributed by atoms with E-state index >= 15 is 0 Å². The van der Waals surface area contributed by atoms with E-state index in [2.05, 4.69) is 26.1 Å². The van der Waals surface area contributed by atoms with E-state index in [1.165, 1.54) is 7.11 Å². The highest BCUT2D eigenvalue weighted by atomic mass is 32.2. The van der Waals surface area contributed by atoms with Crippen LogP contribution in [0.1, 0.15) is 40.5 Å². The fourth-order valence-electron chi connectivity index (χ4n) is 1.24. The van der Waals surface area contributed by atoms with Gasteiger partial charge in [-0.3, -0.25) is 4.79 Å². The van der Waals surface area contributed by atoms with Gasteiger partial charge in [0.05, 0.1) is 7.11 Å². The number of methoxy groups -OCH3 is 1. The van der Waals surface area contributed by atoms with Gasteiger partial charge in [0.1, 0.15) is 5.54 Å². The Morgan fingerprint density at radius 1 is 1.50 bits per heavy atom. The molecule has 0 bridgehead atoms. The predicted octanol–water partition coefficient (Wildman–Crippen LogP) is 2.45. The number of carbonyl (C=O) groups is 1. The largest absolute Gasteiger partial charge is 0.468 e. The van der Waals surface area contributed by atoms with Gasteiger partial charge in [-0.25, -0.2) is 0 Å². The summed E-state index contributed by atoms with van der Waals surface area (Å²) >= 11 is 1.81. The Hall–Kier alpha value is -0.220. The molecule has 0 aromatic heterocycles. The Morgan fingerprint density at radius 2 is 2.12 bits per heavy atom. The molecule has 0 amide bonds. The third kappa shape index (κ3) is 5.21. The summed E-state index contributed by atoms with van der Waals surface area (Å²) in [6, 6.07) is 0. The summed E-state index contributed by atoms with van der Waals surface area (Å²) in [6.07, 6.45) is 2.14. The number of esters is 1. The molecule has 0 radical (unpaired) electrons. The van der Waals surface area contributed by atoms with Crippen LogP contribution >= 0.6 is 11.8 Å². The standard InChI is InChI=1S/C12H25NO2S/c1-6-8-13-12(4,11(14)15-5)9-16-10(3)7-2/h10,13H,6-9H2,1-5H3. The molecule has 0 aliphatic rings. The van der Waals surface area contributed by atoms with Gasteiger partial charge >= 0.3 is 5.97 Å². The molecule has 0 aliphatic carbocycles. The SMILES string of the molecule is CCCNC(C)(CSC(C)CC)C(=O)OC. The van der Waals surface area contributed by atoms with Crippen molar-refractivity contribution < 1.29 is 9.53 Å². The zero-order valence-corrected chi connectivity index (χ0v) is 11.9. The summed E-state index contributed by atoms with van der Waals surface area (Å²) in [6.45, 7) is 9.19. The molecular formula is C12H25NO2S. The fourth-order valence-corrected chi connectivity index (χ4v) is 2.31. The van der Waals surface area contributed by atoms with E-state index in [1.807, 2.05) is 18.7 Å². The van der Waals surface area contributed by atoms with Crippen molar-refractivity contribution in [2.24, 2.45) is 0 Å². The highest BCUT2D eigenvalue weighted by Crippen LogP contribution is 2.21. The van der Waals surface area contributed by atoms with Crippen molar-refractivity contribution in [3.63, 3.8) is 0 Å².